The van der Waals surface area contributed by atoms with E-state index < -0.39 is 0 Å². The zero-order valence-electron chi connectivity index (χ0n) is 9.74. The van der Waals surface area contributed by atoms with Gasteiger partial charge < -0.3 is 9.64 Å². The second-order valence-electron chi connectivity index (χ2n) is 4.39. The molecule has 0 aliphatic carbocycles. The summed E-state index contributed by atoms with van der Waals surface area (Å²) >= 11 is 5.86. The van der Waals surface area contributed by atoms with Crippen LogP contribution in [0.3, 0.4) is 0 Å². The first kappa shape index (κ1) is 11.7. The summed E-state index contributed by atoms with van der Waals surface area (Å²) in [4.78, 5) is 6.35. The Morgan fingerprint density at radius 2 is 2.12 bits per heavy atom. The number of likely N-dealkylation sites (tertiary alicyclic amines) is 1. The first-order valence-electron chi connectivity index (χ1n) is 5.62. The van der Waals surface area contributed by atoms with Crippen molar-refractivity contribution in [3.05, 3.63) is 23.0 Å². The van der Waals surface area contributed by atoms with Gasteiger partial charge in [0, 0.05) is 30.9 Å². The van der Waals surface area contributed by atoms with Crippen LogP contribution in [0.15, 0.2) is 12.3 Å². The minimum absolute atomic E-state index is 0.313. The third-order valence-corrected chi connectivity index (χ3v) is 3.19. The SMILES string of the molecule is Cc1cnc(Cl)cc1OC1CCN(C)CC1. The molecular weight excluding hydrogens is 224 g/mol. The Labute approximate surface area is 101 Å². The Morgan fingerprint density at radius 3 is 2.81 bits per heavy atom. The molecule has 1 aromatic heterocycles. The molecule has 0 unspecified atom stereocenters. The van der Waals surface area contributed by atoms with Gasteiger partial charge in [-0.15, -0.1) is 0 Å². The second-order valence-corrected chi connectivity index (χ2v) is 4.78. The smallest absolute Gasteiger partial charge is 0.132 e. The van der Waals surface area contributed by atoms with E-state index in [0.717, 1.165) is 37.2 Å². The van der Waals surface area contributed by atoms with Gasteiger partial charge in [0.1, 0.15) is 17.0 Å². The topological polar surface area (TPSA) is 25.4 Å². The van der Waals surface area contributed by atoms with Crippen molar-refractivity contribution in [2.24, 2.45) is 0 Å². The summed E-state index contributed by atoms with van der Waals surface area (Å²) in [6.07, 6.45) is 4.23. The van der Waals surface area contributed by atoms with E-state index in [9.17, 15) is 0 Å². The summed E-state index contributed by atoms with van der Waals surface area (Å²) in [6.45, 7) is 4.19. The van der Waals surface area contributed by atoms with E-state index >= 15 is 0 Å². The van der Waals surface area contributed by atoms with Gasteiger partial charge in [-0.25, -0.2) is 4.98 Å². The molecule has 1 aromatic rings. The first-order valence-corrected chi connectivity index (χ1v) is 6.00. The molecule has 1 aliphatic rings. The third-order valence-electron chi connectivity index (χ3n) is 2.98. The van der Waals surface area contributed by atoms with Crippen molar-refractivity contribution in [1.29, 1.82) is 0 Å². The lowest BCUT2D eigenvalue weighted by molar-refractivity contribution is 0.113. The predicted molar refractivity (Wildman–Crippen MR) is 65.1 cm³/mol. The summed E-state index contributed by atoms with van der Waals surface area (Å²) in [5.41, 5.74) is 1.04. The number of pyridine rings is 1. The highest BCUT2D eigenvalue weighted by molar-refractivity contribution is 6.29. The molecule has 0 amide bonds. The van der Waals surface area contributed by atoms with Crippen LogP contribution in [0.5, 0.6) is 5.75 Å². The van der Waals surface area contributed by atoms with Gasteiger partial charge in [-0.3, -0.25) is 0 Å². The molecule has 88 valence electrons. The van der Waals surface area contributed by atoms with Crippen molar-refractivity contribution < 1.29 is 4.74 Å². The summed E-state index contributed by atoms with van der Waals surface area (Å²) < 4.78 is 5.96. The zero-order valence-corrected chi connectivity index (χ0v) is 10.5. The van der Waals surface area contributed by atoms with E-state index in [2.05, 4.69) is 16.9 Å². The predicted octanol–water partition coefficient (Wildman–Crippen LogP) is 2.52. The van der Waals surface area contributed by atoms with Gasteiger partial charge in [-0.1, -0.05) is 11.6 Å². The Morgan fingerprint density at radius 1 is 1.44 bits per heavy atom. The normalized spacial score (nSPS) is 18.7. The minimum Gasteiger partial charge on any atom is -0.490 e. The van der Waals surface area contributed by atoms with Crippen LogP contribution in [-0.2, 0) is 0 Å². The highest BCUT2D eigenvalue weighted by Gasteiger charge is 2.18. The third kappa shape index (κ3) is 2.86. The lowest BCUT2D eigenvalue weighted by atomic mass is 10.1. The van der Waals surface area contributed by atoms with Crippen molar-refractivity contribution in [2.45, 2.75) is 25.9 Å². The fourth-order valence-electron chi connectivity index (χ4n) is 1.89. The molecule has 1 fully saturated rings. The van der Waals surface area contributed by atoms with Gasteiger partial charge in [-0.05, 0) is 26.8 Å². The van der Waals surface area contributed by atoms with E-state index in [1.54, 1.807) is 12.3 Å². The number of nitrogens with zero attached hydrogens (tertiary/aromatic N) is 2. The van der Waals surface area contributed by atoms with Crippen molar-refractivity contribution in [2.75, 3.05) is 20.1 Å². The maximum absolute atomic E-state index is 5.96. The van der Waals surface area contributed by atoms with E-state index in [-0.39, 0.29) is 0 Å². The molecule has 3 nitrogen and oxygen atoms in total. The van der Waals surface area contributed by atoms with E-state index in [4.69, 9.17) is 16.3 Å². The maximum atomic E-state index is 5.96. The van der Waals surface area contributed by atoms with E-state index in [1.807, 2.05) is 6.92 Å². The summed E-state index contributed by atoms with van der Waals surface area (Å²) in [7, 11) is 2.14. The van der Waals surface area contributed by atoms with Gasteiger partial charge in [0.05, 0.1) is 0 Å². The van der Waals surface area contributed by atoms with Crippen molar-refractivity contribution in [3.63, 3.8) is 0 Å². The lowest BCUT2D eigenvalue weighted by Crippen LogP contribution is -2.35. The average molecular weight is 241 g/mol. The second kappa shape index (κ2) is 5.02. The summed E-state index contributed by atoms with van der Waals surface area (Å²) in [5, 5.41) is 0.494. The van der Waals surface area contributed by atoms with E-state index in [0.29, 0.717) is 11.3 Å². The van der Waals surface area contributed by atoms with Crippen molar-refractivity contribution >= 4 is 11.6 Å². The Kier molecular flexibility index (Phi) is 3.66. The number of aromatic nitrogens is 1. The van der Waals surface area contributed by atoms with Gasteiger partial charge in [0.15, 0.2) is 0 Å². The molecule has 2 rings (SSSR count). The minimum atomic E-state index is 0.313. The zero-order chi connectivity index (χ0) is 11.5. The van der Waals surface area contributed by atoms with Crippen LogP contribution in [-0.4, -0.2) is 36.1 Å². The molecule has 1 saturated heterocycles. The van der Waals surface area contributed by atoms with Gasteiger partial charge in [0.25, 0.3) is 0 Å². The highest BCUT2D eigenvalue weighted by atomic mass is 35.5. The molecule has 0 atom stereocenters. The quantitative estimate of drug-likeness (QED) is 0.743. The molecule has 0 bridgehead atoms. The van der Waals surface area contributed by atoms with Crippen LogP contribution in [0, 0.1) is 6.92 Å². The maximum Gasteiger partial charge on any atom is 0.132 e. The molecule has 4 heteroatoms. The molecule has 0 spiro atoms. The van der Waals surface area contributed by atoms with Crippen LogP contribution in [0.4, 0.5) is 0 Å². The van der Waals surface area contributed by atoms with Gasteiger partial charge in [0.2, 0.25) is 0 Å². The molecule has 0 aromatic carbocycles. The highest BCUT2D eigenvalue weighted by Crippen LogP contribution is 2.24. The molecule has 16 heavy (non-hydrogen) atoms. The van der Waals surface area contributed by atoms with Crippen LogP contribution >= 0.6 is 11.6 Å². The average Bonchev–Trinajstić information content (AvgIpc) is 2.27. The number of piperidine rings is 1. The summed E-state index contributed by atoms with van der Waals surface area (Å²) in [5.74, 6) is 0.870. The Bertz CT molecular complexity index is 362. The lowest BCUT2D eigenvalue weighted by Gasteiger charge is -2.29. The van der Waals surface area contributed by atoms with Crippen molar-refractivity contribution in [3.8, 4) is 5.75 Å². The molecule has 1 aliphatic heterocycles. The van der Waals surface area contributed by atoms with Crippen LogP contribution < -0.4 is 4.74 Å². The number of aryl methyl sites for hydroxylation is 1. The standard InChI is InChI=1S/C12H17ClN2O/c1-9-8-14-12(13)7-11(9)16-10-3-5-15(2)6-4-10/h7-8,10H,3-6H2,1-2H3. The fraction of sp³-hybridized carbons (Fsp3) is 0.583. The fourth-order valence-corrected chi connectivity index (χ4v) is 2.04. The monoisotopic (exact) mass is 240 g/mol. The molecule has 0 N–H and O–H groups in total. The molecule has 0 radical (unpaired) electrons. The van der Waals surface area contributed by atoms with E-state index in [1.165, 1.54) is 0 Å². The first-order chi connectivity index (χ1) is 7.65. The Balaban J connectivity index is 2.00. The van der Waals surface area contributed by atoms with Crippen molar-refractivity contribution in [1.82, 2.24) is 9.88 Å². The van der Waals surface area contributed by atoms with Gasteiger partial charge >= 0.3 is 0 Å². The number of halogens is 1. The molecule has 2 heterocycles. The van der Waals surface area contributed by atoms with Gasteiger partial charge in [-0.2, -0.15) is 0 Å². The number of hydrogen-bond donors (Lipinski definition) is 0. The van der Waals surface area contributed by atoms with Crippen LogP contribution in [0.2, 0.25) is 5.15 Å². The van der Waals surface area contributed by atoms with Crippen LogP contribution in [0.1, 0.15) is 18.4 Å². The molecule has 0 saturated carbocycles. The number of ether oxygens (including phenoxy) is 1. The number of rotatable bonds is 2. The molecular formula is C12H17ClN2O. The number of hydrogen-bond acceptors (Lipinski definition) is 3. The summed E-state index contributed by atoms with van der Waals surface area (Å²) in [6, 6.07) is 1.80. The van der Waals surface area contributed by atoms with Crippen LogP contribution in [0.25, 0.3) is 0 Å². The largest absolute Gasteiger partial charge is 0.490 e. The Hall–Kier alpha value is -0.800.